The quantitative estimate of drug-likeness (QED) is 0.223. The summed E-state index contributed by atoms with van der Waals surface area (Å²) in [4.78, 5) is 12.7. The van der Waals surface area contributed by atoms with Crippen molar-refractivity contribution in [3.63, 3.8) is 0 Å². The molecule has 2 aromatic heterocycles. The Morgan fingerprint density at radius 2 is 1.39 bits per heavy atom. The van der Waals surface area contributed by atoms with Crippen molar-refractivity contribution in [1.82, 2.24) is 19.5 Å². The lowest BCUT2D eigenvalue weighted by Crippen LogP contribution is -2.20. The molecule has 1 saturated carbocycles. The number of halogens is 2. The summed E-state index contributed by atoms with van der Waals surface area (Å²) in [5, 5.41) is 2.72. The molecule has 2 aliphatic rings. The van der Waals surface area contributed by atoms with Crippen molar-refractivity contribution in [2.75, 3.05) is 0 Å². The Hall–Kier alpha value is -3.73. The van der Waals surface area contributed by atoms with Gasteiger partial charge in [-0.1, -0.05) is 73.5 Å². The number of fused-ring (bicyclic) bond motifs is 9. The SMILES string of the molecule is Clc1nc(Cl)nc(-c2ccc3c(c2)-c2c(ccc4c5ccccc5n(-c5ccccc5)c24)C32CCCC2)n1. The minimum Gasteiger partial charge on any atom is -0.309 e. The topological polar surface area (TPSA) is 43.6 Å². The van der Waals surface area contributed by atoms with Crippen LogP contribution >= 0.6 is 23.2 Å². The molecule has 4 aromatic carbocycles. The second-order valence-corrected chi connectivity index (χ2v) is 11.0. The maximum atomic E-state index is 6.16. The number of benzene rings is 4. The first-order valence-electron chi connectivity index (χ1n) is 13.0. The zero-order valence-corrected chi connectivity index (χ0v) is 22.0. The summed E-state index contributed by atoms with van der Waals surface area (Å²) in [6.07, 6.45) is 4.79. The summed E-state index contributed by atoms with van der Waals surface area (Å²) in [5.74, 6) is 0.488. The fraction of sp³-hybridized carbons (Fsp3) is 0.156. The van der Waals surface area contributed by atoms with E-state index in [1.807, 2.05) is 0 Å². The van der Waals surface area contributed by atoms with Gasteiger partial charge in [-0.2, -0.15) is 15.0 Å². The lowest BCUT2D eigenvalue weighted by Gasteiger charge is -2.26. The molecule has 1 spiro atoms. The number of aromatic nitrogens is 4. The first kappa shape index (κ1) is 22.3. The van der Waals surface area contributed by atoms with Gasteiger partial charge in [0.15, 0.2) is 5.82 Å². The van der Waals surface area contributed by atoms with E-state index in [4.69, 9.17) is 23.2 Å². The van der Waals surface area contributed by atoms with Crippen LogP contribution in [0.5, 0.6) is 0 Å². The Morgan fingerprint density at radius 1 is 0.684 bits per heavy atom. The minimum atomic E-state index is 0.0315. The summed E-state index contributed by atoms with van der Waals surface area (Å²) in [6, 6.07) is 30.7. The van der Waals surface area contributed by atoms with Crippen LogP contribution in [0.4, 0.5) is 0 Å². The van der Waals surface area contributed by atoms with Gasteiger partial charge in [0.1, 0.15) is 0 Å². The molecular weight excluding hydrogens is 511 g/mol. The summed E-state index contributed by atoms with van der Waals surface area (Å²) in [7, 11) is 0. The smallest absolute Gasteiger partial charge is 0.227 e. The van der Waals surface area contributed by atoms with Gasteiger partial charge in [0.2, 0.25) is 10.6 Å². The van der Waals surface area contributed by atoms with E-state index in [-0.39, 0.29) is 16.0 Å². The third-order valence-corrected chi connectivity index (χ3v) is 8.81. The summed E-state index contributed by atoms with van der Waals surface area (Å²) in [6.45, 7) is 0. The van der Waals surface area contributed by atoms with E-state index in [9.17, 15) is 0 Å². The fourth-order valence-electron chi connectivity index (χ4n) is 7.00. The van der Waals surface area contributed by atoms with Crippen molar-refractivity contribution < 1.29 is 0 Å². The molecule has 4 nitrogen and oxygen atoms in total. The summed E-state index contributed by atoms with van der Waals surface area (Å²) in [5.41, 5.74) is 9.93. The molecule has 0 saturated heterocycles. The summed E-state index contributed by atoms with van der Waals surface area (Å²) >= 11 is 12.3. The van der Waals surface area contributed by atoms with Crippen LogP contribution in [-0.2, 0) is 5.41 Å². The third-order valence-electron chi connectivity index (χ3n) is 8.47. The maximum Gasteiger partial charge on any atom is 0.227 e. The number of hydrogen-bond donors (Lipinski definition) is 0. The fourth-order valence-corrected chi connectivity index (χ4v) is 7.36. The van der Waals surface area contributed by atoms with Crippen molar-refractivity contribution in [2.45, 2.75) is 31.1 Å². The predicted octanol–water partition coefficient (Wildman–Crippen LogP) is 8.78. The van der Waals surface area contributed by atoms with E-state index in [1.54, 1.807) is 0 Å². The molecule has 8 rings (SSSR count). The molecule has 0 unspecified atom stereocenters. The van der Waals surface area contributed by atoms with E-state index >= 15 is 0 Å². The monoisotopic (exact) mass is 532 g/mol. The van der Waals surface area contributed by atoms with Crippen LogP contribution < -0.4 is 0 Å². The Kier molecular flexibility index (Phi) is 4.77. The first-order chi connectivity index (χ1) is 18.6. The molecule has 6 heteroatoms. The maximum absolute atomic E-state index is 6.16. The second kappa shape index (κ2) is 8.13. The van der Waals surface area contributed by atoms with Gasteiger partial charge < -0.3 is 4.57 Å². The third kappa shape index (κ3) is 3.02. The molecule has 6 aromatic rings. The highest BCUT2D eigenvalue weighted by atomic mass is 35.5. The van der Waals surface area contributed by atoms with Gasteiger partial charge >= 0.3 is 0 Å². The highest BCUT2D eigenvalue weighted by molar-refractivity contribution is 6.31. The van der Waals surface area contributed by atoms with Gasteiger partial charge in [-0.25, -0.2) is 0 Å². The van der Waals surface area contributed by atoms with Crippen LogP contribution in [0.15, 0.2) is 84.9 Å². The molecule has 0 bridgehead atoms. The van der Waals surface area contributed by atoms with Crippen LogP contribution in [0.3, 0.4) is 0 Å². The van der Waals surface area contributed by atoms with Crippen LogP contribution in [0.1, 0.15) is 36.8 Å². The Balaban J connectivity index is 1.51. The average Bonchev–Trinajstić information content (AvgIpc) is 3.63. The number of para-hydroxylation sites is 2. The highest BCUT2D eigenvalue weighted by Gasteiger charge is 2.46. The van der Waals surface area contributed by atoms with E-state index < -0.39 is 0 Å². The Labute approximate surface area is 229 Å². The van der Waals surface area contributed by atoms with Gasteiger partial charge in [-0.3, -0.25) is 0 Å². The van der Waals surface area contributed by atoms with Crippen molar-refractivity contribution in [3.8, 4) is 28.2 Å². The minimum absolute atomic E-state index is 0.0315. The molecule has 0 N–H and O–H groups in total. The van der Waals surface area contributed by atoms with Crippen molar-refractivity contribution >= 4 is 45.0 Å². The number of rotatable bonds is 2. The van der Waals surface area contributed by atoms with Gasteiger partial charge in [0.25, 0.3) is 0 Å². The van der Waals surface area contributed by atoms with Crippen LogP contribution in [0, 0.1) is 0 Å². The zero-order chi connectivity index (χ0) is 25.4. The van der Waals surface area contributed by atoms with Crippen LogP contribution in [0.25, 0.3) is 50.0 Å². The molecule has 2 heterocycles. The highest BCUT2D eigenvalue weighted by Crippen LogP contribution is 2.59. The van der Waals surface area contributed by atoms with Gasteiger partial charge in [0, 0.05) is 33.0 Å². The van der Waals surface area contributed by atoms with Crippen molar-refractivity contribution in [3.05, 3.63) is 107 Å². The zero-order valence-electron chi connectivity index (χ0n) is 20.5. The largest absolute Gasteiger partial charge is 0.309 e. The van der Waals surface area contributed by atoms with Gasteiger partial charge in [0.05, 0.1) is 11.0 Å². The van der Waals surface area contributed by atoms with E-state index in [2.05, 4.69) is 104 Å². The number of nitrogens with zero attached hydrogens (tertiary/aromatic N) is 4. The standard InChI is InChI=1S/C32H22Cl2N4/c33-30-35-29(36-31(34)37-30)19-12-14-24-23(18-19)27-25(32(24)16-6-7-17-32)15-13-22-21-10-4-5-11-26(21)38(28(22)27)20-8-2-1-3-9-20/h1-5,8-15,18H,6-7,16-17H2. The van der Waals surface area contributed by atoms with Crippen LogP contribution in [-0.4, -0.2) is 19.5 Å². The molecule has 38 heavy (non-hydrogen) atoms. The second-order valence-electron chi connectivity index (χ2n) is 10.3. The van der Waals surface area contributed by atoms with E-state index in [0.29, 0.717) is 5.82 Å². The number of hydrogen-bond acceptors (Lipinski definition) is 3. The van der Waals surface area contributed by atoms with Crippen molar-refractivity contribution in [1.29, 1.82) is 0 Å². The Morgan fingerprint density at radius 3 is 2.18 bits per heavy atom. The van der Waals surface area contributed by atoms with E-state index in [1.165, 1.54) is 56.9 Å². The summed E-state index contributed by atoms with van der Waals surface area (Å²) < 4.78 is 2.44. The lowest BCUT2D eigenvalue weighted by molar-refractivity contribution is 0.550. The molecule has 0 radical (unpaired) electrons. The molecule has 0 aliphatic heterocycles. The molecule has 2 aliphatic carbocycles. The molecule has 0 atom stereocenters. The molecule has 1 fully saturated rings. The predicted molar refractivity (Wildman–Crippen MR) is 154 cm³/mol. The van der Waals surface area contributed by atoms with Crippen LogP contribution in [0.2, 0.25) is 10.6 Å². The van der Waals surface area contributed by atoms with Gasteiger partial charge in [-0.15, -0.1) is 0 Å². The first-order valence-corrected chi connectivity index (χ1v) is 13.7. The van der Waals surface area contributed by atoms with Gasteiger partial charge in [-0.05, 0) is 77.0 Å². The average molecular weight is 533 g/mol. The Bertz CT molecular complexity index is 1880. The molecule has 0 amide bonds. The molecular formula is C32H22Cl2N4. The van der Waals surface area contributed by atoms with E-state index in [0.717, 1.165) is 24.1 Å². The van der Waals surface area contributed by atoms with Crippen molar-refractivity contribution in [2.24, 2.45) is 0 Å². The lowest BCUT2D eigenvalue weighted by atomic mass is 9.76. The molecule has 184 valence electrons. The normalized spacial score (nSPS) is 15.4.